The number of halogens is 1. The molecule has 5 rings (SSSR count). The van der Waals surface area contributed by atoms with Crippen molar-refractivity contribution in [1.82, 2.24) is 14.8 Å². The van der Waals surface area contributed by atoms with E-state index in [2.05, 4.69) is 14.9 Å². The van der Waals surface area contributed by atoms with Crippen LogP contribution >= 0.6 is 11.6 Å². The number of hydrogen-bond acceptors (Lipinski definition) is 6. The third-order valence-electron chi connectivity index (χ3n) is 6.37. The van der Waals surface area contributed by atoms with Crippen LogP contribution in [0.5, 0.6) is 0 Å². The maximum Gasteiger partial charge on any atom is 0.263 e. The highest BCUT2D eigenvalue weighted by atomic mass is 35.5. The van der Waals surface area contributed by atoms with Gasteiger partial charge in [-0.15, -0.1) is 16.7 Å². The number of hydrogen-bond donors (Lipinski definition) is 1. The number of alkyl halides is 1. The first-order valence-electron chi connectivity index (χ1n) is 11.0. The van der Waals surface area contributed by atoms with Crippen LogP contribution in [0.3, 0.4) is 0 Å². The zero-order valence-corrected chi connectivity index (χ0v) is 20.0. The highest BCUT2D eigenvalue weighted by Gasteiger charge is 2.32. The van der Waals surface area contributed by atoms with E-state index < -0.39 is 10.0 Å². The molecule has 2 aliphatic rings. The minimum Gasteiger partial charge on any atom is -0.495 e. The van der Waals surface area contributed by atoms with Gasteiger partial charge in [0, 0.05) is 24.1 Å². The second-order valence-corrected chi connectivity index (χ2v) is 10.6. The first kappa shape index (κ1) is 22.6. The molecule has 1 N–H and O–H groups in total. The number of benzene rings is 1. The Morgan fingerprint density at radius 3 is 2.68 bits per heavy atom. The Hall–Kier alpha value is -3.17. The Labute approximate surface area is 202 Å². The summed E-state index contributed by atoms with van der Waals surface area (Å²) in [5.41, 5.74) is 2.15. The van der Waals surface area contributed by atoms with Gasteiger partial charge in [-0.2, -0.15) is 5.10 Å². The second-order valence-electron chi connectivity index (χ2n) is 8.40. The highest BCUT2D eigenvalue weighted by Crippen LogP contribution is 2.42. The van der Waals surface area contributed by atoms with Crippen molar-refractivity contribution in [1.29, 1.82) is 0 Å². The monoisotopic (exact) mass is 498 g/mol. The van der Waals surface area contributed by atoms with E-state index in [1.54, 1.807) is 29.9 Å². The summed E-state index contributed by atoms with van der Waals surface area (Å²) in [7, 11) is -2.32. The van der Waals surface area contributed by atoms with E-state index in [0.29, 0.717) is 34.7 Å². The number of methoxy groups -OCH3 is 1. The van der Waals surface area contributed by atoms with E-state index in [9.17, 15) is 13.2 Å². The normalized spacial score (nSPS) is 19.0. The number of fused-ring (bicyclic) bond motifs is 1. The van der Waals surface area contributed by atoms with Crippen molar-refractivity contribution in [3.63, 3.8) is 0 Å². The summed E-state index contributed by atoms with van der Waals surface area (Å²) in [6.07, 6.45) is 7.31. The van der Waals surface area contributed by atoms with E-state index in [1.807, 2.05) is 6.08 Å². The van der Waals surface area contributed by atoms with E-state index in [-0.39, 0.29) is 21.6 Å². The number of aromatic nitrogens is 3. The summed E-state index contributed by atoms with van der Waals surface area (Å²) < 4.78 is 35.4. The zero-order chi connectivity index (χ0) is 23.9. The molecule has 176 valence electrons. The molecule has 1 unspecified atom stereocenters. The van der Waals surface area contributed by atoms with Gasteiger partial charge in [-0.3, -0.25) is 14.1 Å². The molecule has 2 aromatic heterocycles. The second kappa shape index (κ2) is 8.88. The van der Waals surface area contributed by atoms with Gasteiger partial charge >= 0.3 is 0 Å². The number of ether oxygens (including phenoxy) is 1. The lowest BCUT2D eigenvalue weighted by atomic mass is 9.76. The summed E-state index contributed by atoms with van der Waals surface area (Å²) in [5.74, 6) is 1.19. The molecule has 0 bridgehead atoms. The lowest BCUT2D eigenvalue weighted by Crippen LogP contribution is -2.28. The van der Waals surface area contributed by atoms with Gasteiger partial charge < -0.3 is 4.74 Å². The minimum absolute atomic E-state index is 0.0443. The van der Waals surface area contributed by atoms with Crippen molar-refractivity contribution in [2.45, 2.75) is 36.0 Å². The molecule has 2 heterocycles. The fourth-order valence-electron chi connectivity index (χ4n) is 4.43. The molecule has 1 fully saturated rings. The van der Waals surface area contributed by atoms with Crippen molar-refractivity contribution in [2.75, 3.05) is 11.8 Å². The lowest BCUT2D eigenvalue weighted by Gasteiger charge is -2.34. The van der Waals surface area contributed by atoms with Crippen LogP contribution in [0, 0.1) is 5.92 Å². The van der Waals surface area contributed by atoms with Crippen LogP contribution in [0.1, 0.15) is 25.7 Å². The summed E-state index contributed by atoms with van der Waals surface area (Å²) in [6, 6.07) is 10.7. The van der Waals surface area contributed by atoms with Crippen LogP contribution in [-0.2, 0) is 14.8 Å². The van der Waals surface area contributed by atoms with Gasteiger partial charge in [0.05, 0.1) is 28.6 Å². The average molecular weight is 499 g/mol. The summed E-state index contributed by atoms with van der Waals surface area (Å²) in [4.78, 5) is 13.0. The number of pyridine rings is 1. The number of anilines is 1. The van der Waals surface area contributed by atoms with Gasteiger partial charge in [-0.1, -0.05) is 6.42 Å². The van der Waals surface area contributed by atoms with Crippen LogP contribution in [0.15, 0.2) is 75.8 Å². The molecule has 8 nitrogen and oxygen atoms in total. The molecule has 0 amide bonds. The quantitative estimate of drug-likeness (QED) is 0.512. The fourth-order valence-corrected chi connectivity index (χ4v) is 5.85. The summed E-state index contributed by atoms with van der Waals surface area (Å²) >= 11 is 6.75. The zero-order valence-electron chi connectivity index (χ0n) is 18.4. The Morgan fingerprint density at radius 2 is 2.00 bits per heavy atom. The van der Waals surface area contributed by atoms with Crippen LogP contribution in [0.4, 0.5) is 5.82 Å². The third kappa shape index (κ3) is 4.10. The molecule has 34 heavy (non-hydrogen) atoms. The highest BCUT2D eigenvalue weighted by molar-refractivity contribution is 7.92. The standard InChI is InChI=1S/C24H23ClN4O4S/c1-33-22-13-18(15-4-2-5-15)19(25)14-21(22)29-20-9-8-17(12-16(20)7-10-24(29)30)34(31,32)28-23-6-3-11-26-27-23/h3,6-13,15,19H,2,4-5,14H2,1H3,(H,27,28). The topological polar surface area (TPSA) is 103 Å². The predicted octanol–water partition coefficient (Wildman–Crippen LogP) is 4.14. The first-order chi connectivity index (χ1) is 16.4. The molecule has 10 heteroatoms. The SMILES string of the molecule is COC1=C(n2c(=O)ccc3cc(S(=O)(=O)Nc4cccnn4)ccc32)CC(Cl)C(C2CCC2)=C1. The Morgan fingerprint density at radius 1 is 1.18 bits per heavy atom. The number of sulfonamides is 1. The van der Waals surface area contributed by atoms with Gasteiger partial charge in [0.25, 0.3) is 15.6 Å². The average Bonchev–Trinajstić information content (AvgIpc) is 2.79. The van der Waals surface area contributed by atoms with Crippen molar-refractivity contribution < 1.29 is 13.2 Å². The Kier molecular flexibility index (Phi) is 5.91. The van der Waals surface area contributed by atoms with Crippen LogP contribution in [-0.4, -0.2) is 35.7 Å². The molecule has 0 aliphatic heterocycles. The van der Waals surface area contributed by atoms with E-state index in [1.165, 1.54) is 36.9 Å². The van der Waals surface area contributed by atoms with Gasteiger partial charge in [0.15, 0.2) is 5.82 Å². The third-order valence-corrected chi connectivity index (χ3v) is 8.13. The van der Waals surface area contributed by atoms with Crippen molar-refractivity contribution >= 4 is 44.0 Å². The van der Waals surface area contributed by atoms with Crippen molar-refractivity contribution in [3.8, 4) is 0 Å². The molecular weight excluding hydrogens is 476 g/mol. The molecular formula is C24H23ClN4O4S. The smallest absolute Gasteiger partial charge is 0.263 e. The fraction of sp³-hybridized carbons (Fsp3) is 0.292. The Balaban J connectivity index is 1.59. The van der Waals surface area contributed by atoms with Crippen molar-refractivity contribution in [3.05, 3.63) is 76.4 Å². The van der Waals surface area contributed by atoms with Crippen LogP contribution in [0.25, 0.3) is 16.6 Å². The van der Waals surface area contributed by atoms with E-state index in [0.717, 1.165) is 18.4 Å². The lowest BCUT2D eigenvalue weighted by molar-refractivity contribution is 0.297. The molecule has 3 aromatic rings. The number of allylic oxidation sites excluding steroid dienone is 3. The molecule has 1 aromatic carbocycles. The van der Waals surface area contributed by atoms with Gasteiger partial charge in [-0.05, 0) is 66.8 Å². The Bertz CT molecular complexity index is 1480. The van der Waals surface area contributed by atoms with Gasteiger partial charge in [-0.25, -0.2) is 8.42 Å². The van der Waals surface area contributed by atoms with Crippen molar-refractivity contribution in [2.24, 2.45) is 5.92 Å². The van der Waals surface area contributed by atoms with Gasteiger partial charge in [0.2, 0.25) is 0 Å². The summed E-state index contributed by atoms with van der Waals surface area (Å²) in [6.45, 7) is 0. The van der Waals surface area contributed by atoms with Crippen LogP contribution < -0.4 is 10.3 Å². The molecule has 2 aliphatic carbocycles. The molecule has 1 atom stereocenters. The largest absolute Gasteiger partial charge is 0.495 e. The number of nitrogens with zero attached hydrogens (tertiary/aromatic N) is 3. The van der Waals surface area contributed by atoms with Crippen LogP contribution in [0.2, 0.25) is 0 Å². The van der Waals surface area contributed by atoms with E-state index >= 15 is 0 Å². The molecule has 1 saturated carbocycles. The first-order valence-corrected chi connectivity index (χ1v) is 12.9. The number of nitrogens with one attached hydrogen (secondary N) is 1. The molecule has 0 spiro atoms. The van der Waals surface area contributed by atoms with E-state index in [4.69, 9.17) is 16.3 Å². The van der Waals surface area contributed by atoms with Gasteiger partial charge in [0.1, 0.15) is 5.76 Å². The predicted molar refractivity (Wildman–Crippen MR) is 131 cm³/mol. The molecule has 0 saturated heterocycles. The number of rotatable bonds is 6. The summed E-state index contributed by atoms with van der Waals surface area (Å²) in [5, 5.41) is 7.82. The maximum atomic E-state index is 13.0. The maximum absolute atomic E-state index is 13.0. The molecule has 0 radical (unpaired) electrons. The minimum atomic E-state index is -3.90.